The molecule has 1 aliphatic heterocycles. The summed E-state index contributed by atoms with van der Waals surface area (Å²) in [6.45, 7) is 7.82. The molecule has 0 saturated carbocycles. The van der Waals surface area contributed by atoms with Gasteiger partial charge in [0.2, 0.25) is 15.9 Å². The zero-order valence-corrected chi connectivity index (χ0v) is 18.3. The SMILES string of the molecule is Cc1ccc(S(=O)(=O)N2CCN(C(=O)CCc3ccc(C(C)C)cc3)CC2)cc1. The molecule has 156 valence electrons. The van der Waals surface area contributed by atoms with Crippen molar-refractivity contribution in [2.75, 3.05) is 26.2 Å². The van der Waals surface area contributed by atoms with Crippen LogP contribution >= 0.6 is 0 Å². The molecule has 1 saturated heterocycles. The van der Waals surface area contributed by atoms with E-state index in [9.17, 15) is 13.2 Å². The number of carbonyl (C=O) groups is 1. The maximum absolute atomic E-state index is 12.8. The number of hydrogen-bond acceptors (Lipinski definition) is 3. The average molecular weight is 415 g/mol. The molecule has 5 nitrogen and oxygen atoms in total. The Morgan fingerprint density at radius 3 is 2.07 bits per heavy atom. The van der Waals surface area contributed by atoms with Crippen LogP contribution in [0.3, 0.4) is 0 Å². The van der Waals surface area contributed by atoms with Crippen molar-refractivity contribution in [1.82, 2.24) is 9.21 Å². The van der Waals surface area contributed by atoms with Crippen LogP contribution in [0.5, 0.6) is 0 Å². The molecular formula is C23H30N2O3S. The normalized spacial score (nSPS) is 15.7. The van der Waals surface area contributed by atoms with Crippen molar-refractivity contribution in [3.63, 3.8) is 0 Å². The second-order valence-electron chi connectivity index (χ2n) is 7.99. The molecule has 1 aliphatic rings. The predicted octanol–water partition coefficient (Wildman–Crippen LogP) is 3.58. The summed E-state index contributed by atoms with van der Waals surface area (Å²) in [5, 5.41) is 0. The van der Waals surface area contributed by atoms with Crippen molar-refractivity contribution in [1.29, 1.82) is 0 Å². The molecule has 1 amide bonds. The van der Waals surface area contributed by atoms with Crippen LogP contribution in [0.4, 0.5) is 0 Å². The van der Waals surface area contributed by atoms with E-state index >= 15 is 0 Å². The second kappa shape index (κ2) is 9.09. The Kier molecular flexibility index (Phi) is 6.75. The van der Waals surface area contributed by atoms with E-state index in [-0.39, 0.29) is 5.91 Å². The molecule has 1 fully saturated rings. The Morgan fingerprint density at radius 2 is 1.52 bits per heavy atom. The van der Waals surface area contributed by atoms with E-state index in [0.29, 0.717) is 49.8 Å². The highest BCUT2D eigenvalue weighted by molar-refractivity contribution is 7.89. The highest BCUT2D eigenvalue weighted by atomic mass is 32.2. The first-order valence-electron chi connectivity index (χ1n) is 10.2. The summed E-state index contributed by atoms with van der Waals surface area (Å²) < 4.78 is 27.0. The molecule has 29 heavy (non-hydrogen) atoms. The Labute approximate surface area is 174 Å². The molecule has 3 rings (SSSR count). The Bertz CT molecular complexity index is 927. The molecular weight excluding hydrogens is 384 g/mol. The van der Waals surface area contributed by atoms with Crippen LogP contribution in [0.1, 0.15) is 42.9 Å². The average Bonchev–Trinajstić information content (AvgIpc) is 2.72. The summed E-state index contributed by atoms with van der Waals surface area (Å²) in [6.07, 6.45) is 1.16. The highest BCUT2D eigenvalue weighted by Gasteiger charge is 2.29. The molecule has 0 radical (unpaired) electrons. The number of carbonyl (C=O) groups excluding carboxylic acids is 1. The molecule has 2 aromatic carbocycles. The largest absolute Gasteiger partial charge is 0.340 e. The van der Waals surface area contributed by atoms with E-state index in [1.54, 1.807) is 29.2 Å². The van der Waals surface area contributed by atoms with Gasteiger partial charge in [0.1, 0.15) is 0 Å². The lowest BCUT2D eigenvalue weighted by Gasteiger charge is -2.34. The van der Waals surface area contributed by atoms with Gasteiger partial charge < -0.3 is 4.90 Å². The lowest BCUT2D eigenvalue weighted by molar-refractivity contribution is -0.132. The molecule has 1 heterocycles. The fraction of sp³-hybridized carbons (Fsp3) is 0.435. The van der Waals surface area contributed by atoms with Gasteiger partial charge in [-0.15, -0.1) is 0 Å². The Balaban J connectivity index is 1.52. The topological polar surface area (TPSA) is 57.7 Å². The first kappa shape index (κ1) is 21.5. The molecule has 0 atom stereocenters. The van der Waals surface area contributed by atoms with Gasteiger partial charge in [-0.05, 0) is 42.5 Å². The first-order valence-corrected chi connectivity index (χ1v) is 11.6. The van der Waals surface area contributed by atoms with Crippen molar-refractivity contribution in [2.45, 2.75) is 44.4 Å². The van der Waals surface area contributed by atoms with E-state index in [4.69, 9.17) is 0 Å². The molecule has 0 aromatic heterocycles. The molecule has 0 unspecified atom stereocenters. The van der Waals surface area contributed by atoms with Gasteiger partial charge >= 0.3 is 0 Å². The third-order valence-corrected chi connectivity index (χ3v) is 7.44. The number of aryl methyl sites for hydroxylation is 2. The Hall–Kier alpha value is -2.18. The van der Waals surface area contributed by atoms with Gasteiger partial charge in [0.05, 0.1) is 4.90 Å². The van der Waals surface area contributed by atoms with Gasteiger partial charge in [-0.3, -0.25) is 4.79 Å². The van der Waals surface area contributed by atoms with E-state index < -0.39 is 10.0 Å². The summed E-state index contributed by atoms with van der Waals surface area (Å²) in [6, 6.07) is 15.3. The van der Waals surface area contributed by atoms with Gasteiger partial charge in [-0.1, -0.05) is 55.8 Å². The molecule has 0 N–H and O–H groups in total. The van der Waals surface area contributed by atoms with Crippen LogP contribution in [-0.2, 0) is 21.2 Å². The van der Waals surface area contributed by atoms with Crippen molar-refractivity contribution < 1.29 is 13.2 Å². The van der Waals surface area contributed by atoms with E-state index in [2.05, 4.69) is 38.1 Å². The standard InChI is InChI=1S/C23H30N2O3S/c1-18(2)21-9-6-20(7-10-21)8-13-23(26)24-14-16-25(17-15-24)29(27,28)22-11-4-19(3)5-12-22/h4-7,9-12,18H,8,13-17H2,1-3H3. The van der Waals surface area contributed by atoms with E-state index in [0.717, 1.165) is 11.1 Å². The second-order valence-corrected chi connectivity index (χ2v) is 9.93. The van der Waals surface area contributed by atoms with Crippen LogP contribution in [-0.4, -0.2) is 49.7 Å². The minimum absolute atomic E-state index is 0.0883. The molecule has 0 spiro atoms. The maximum atomic E-state index is 12.8. The van der Waals surface area contributed by atoms with Gasteiger partial charge in [0.25, 0.3) is 0 Å². The van der Waals surface area contributed by atoms with Crippen LogP contribution in [0.2, 0.25) is 0 Å². The number of amides is 1. The summed E-state index contributed by atoms with van der Waals surface area (Å²) in [7, 11) is -3.50. The number of sulfonamides is 1. The smallest absolute Gasteiger partial charge is 0.243 e. The minimum Gasteiger partial charge on any atom is -0.340 e. The molecule has 0 bridgehead atoms. The zero-order chi connectivity index (χ0) is 21.0. The summed E-state index contributed by atoms with van der Waals surface area (Å²) in [5.74, 6) is 0.587. The first-order chi connectivity index (χ1) is 13.8. The lowest BCUT2D eigenvalue weighted by Crippen LogP contribution is -2.50. The number of rotatable bonds is 6. The van der Waals surface area contributed by atoms with E-state index in [1.807, 2.05) is 6.92 Å². The van der Waals surface area contributed by atoms with Gasteiger partial charge in [-0.25, -0.2) is 8.42 Å². The number of nitrogens with zero attached hydrogens (tertiary/aromatic N) is 2. The minimum atomic E-state index is -3.50. The number of benzene rings is 2. The van der Waals surface area contributed by atoms with Crippen LogP contribution < -0.4 is 0 Å². The van der Waals surface area contributed by atoms with Crippen LogP contribution in [0.15, 0.2) is 53.4 Å². The Morgan fingerprint density at radius 1 is 0.931 bits per heavy atom. The third-order valence-electron chi connectivity index (χ3n) is 5.52. The van der Waals surface area contributed by atoms with Crippen LogP contribution in [0.25, 0.3) is 0 Å². The summed E-state index contributed by atoms with van der Waals surface area (Å²) in [5.41, 5.74) is 3.48. The lowest BCUT2D eigenvalue weighted by atomic mass is 10.00. The highest BCUT2D eigenvalue weighted by Crippen LogP contribution is 2.19. The van der Waals surface area contributed by atoms with Crippen molar-refractivity contribution >= 4 is 15.9 Å². The van der Waals surface area contributed by atoms with Gasteiger partial charge in [-0.2, -0.15) is 4.31 Å². The molecule has 0 aliphatic carbocycles. The maximum Gasteiger partial charge on any atom is 0.243 e. The monoisotopic (exact) mass is 414 g/mol. The van der Waals surface area contributed by atoms with Gasteiger partial charge in [0.15, 0.2) is 0 Å². The molecule has 2 aromatic rings. The van der Waals surface area contributed by atoms with Gasteiger partial charge in [0, 0.05) is 32.6 Å². The zero-order valence-electron chi connectivity index (χ0n) is 17.5. The summed E-state index contributed by atoms with van der Waals surface area (Å²) in [4.78, 5) is 14.7. The van der Waals surface area contributed by atoms with Crippen molar-refractivity contribution in [3.05, 3.63) is 65.2 Å². The number of piperazine rings is 1. The van der Waals surface area contributed by atoms with E-state index in [1.165, 1.54) is 9.87 Å². The predicted molar refractivity (Wildman–Crippen MR) is 115 cm³/mol. The third kappa shape index (κ3) is 5.25. The summed E-state index contributed by atoms with van der Waals surface area (Å²) >= 11 is 0. The van der Waals surface area contributed by atoms with Crippen molar-refractivity contribution in [3.8, 4) is 0 Å². The fourth-order valence-corrected chi connectivity index (χ4v) is 4.94. The van der Waals surface area contributed by atoms with Crippen molar-refractivity contribution in [2.24, 2.45) is 0 Å². The fourth-order valence-electron chi connectivity index (χ4n) is 3.52. The van der Waals surface area contributed by atoms with Crippen LogP contribution in [0, 0.1) is 6.92 Å². The quantitative estimate of drug-likeness (QED) is 0.726. The molecule has 6 heteroatoms. The number of hydrogen-bond donors (Lipinski definition) is 0.